The molecule has 2 rings (SSSR count). The van der Waals surface area contributed by atoms with Crippen molar-refractivity contribution >= 4 is 20.2 Å². The Hall–Kier alpha value is -0.180. The molecule has 0 saturated heterocycles. The second-order valence-electron chi connectivity index (χ2n) is 10.8. The van der Waals surface area contributed by atoms with Gasteiger partial charge in [0.1, 0.15) is 44.9 Å². The molecule has 0 amide bonds. The van der Waals surface area contributed by atoms with Crippen LogP contribution in [-0.2, 0) is 37.8 Å². The van der Waals surface area contributed by atoms with Gasteiger partial charge in [-0.15, -0.1) is 0 Å². The number of unbranched alkanes of at least 4 members (excludes halogenated alkanes) is 10. The molecule has 0 radical (unpaired) electrons. The third-order valence-corrected chi connectivity index (χ3v) is 8.88. The molecule has 9 nitrogen and oxygen atoms in total. The first-order chi connectivity index (χ1) is 20.6. The van der Waals surface area contributed by atoms with Crippen molar-refractivity contribution in [3.63, 3.8) is 0 Å². The number of rotatable bonds is 24. The summed E-state index contributed by atoms with van der Waals surface area (Å²) in [5.41, 5.74) is 1.56. The van der Waals surface area contributed by atoms with Crippen LogP contribution in [0.25, 0.3) is 0 Å². The van der Waals surface area contributed by atoms with Gasteiger partial charge in [-0.3, -0.25) is 0 Å². The molecule has 0 aliphatic heterocycles. The van der Waals surface area contributed by atoms with Crippen molar-refractivity contribution in [1.29, 1.82) is 0 Å². The Kier molecular flexibility index (Phi) is 24.8. The Balaban J connectivity index is 0.00000968. The first kappa shape index (κ1) is 44.8. The summed E-state index contributed by atoms with van der Waals surface area (Å²) in [6.45, 7) is 4.46. The Labute approximate surface area is 315 Å². The molecule has 2 aromatic rings. The van der Waals surface area contributed by atoms with Crippen molar-refractivity contribution in [2.45, 2.75) is 114 Å². The molecule has 2 aromatic carbocycles. The Morgan fingerprint density at radius 2 is 0.889 bits per heavy atom. The van der Waals surface area contributed by atoms with Gasteiger partial charge in [0.25, 0.3) is 0 Å². The van der Waals surface area contributed by atoms with Gasteiger partial charge in [0, 0.05) is 0 Å². The predicted octanol–water partition coefficient (Wildman–Crippen LogP) is 0.783. The maximum absolute atomic E-state index is 11.8. The van der Waals surface area contributed by atoms with Crippen LogP contribution in [0.15, 0.2) is 46.2 Å². The summed E-state index contributed by atoms with van der Waals surface area (Å²) in [5.74, 6) is -0.0409. The summed E-state index contributed by atoms with van der Waals surface area (Å²) in [4.78, 5) is -0.767. The quantitative estimate of drug-likeness (QED) is 0.0890. The van der Waals surface area contributed by atoms with E-state index in [-0.39, 0.29) is 107 Å². The average molecular weight is 687 g/mol. The van der Waals surface area contributed by atoms with Crippen LogP contribution in [0.5, 0.6) is 11.5 Å². The van der Waals surface area contributed by atoms with E-state index in [1.54, 1.807) is 12.1 Å². The summed E-state index contributed by atoms with van der Waals surface area (Å²) >= 11 is 0. The smallest absolute Gasteiger partial charge is 0.744 e. The monoisotopic (exact) mass is 686 g/mol. The van der Waals surface area contributed by atoms with Gasteiger partial charge in [-0.05, 0) is 61.1 Å². The first-order valence-corrected chi connectivity index (χ1v) is 18.4. The molecule has 244 valence electrons. The molecule has 0 saturated carbocycles. The molecule has 0 aliphatic carbocycles. The zero-order valence-corrected chi connectivity index (χ0v) is 33.3. The van der Waals surface area contributed by atoms with E-state index in [2.05, 4.69) is 13.8 Å². The molecule has 0 heterocycles. The van der Waals surface area contributed by atoms with Crippen LogP contribution >= 0.6 is 0 Å². The summed E-state index contributed by atoms with van der Waals surface area (Å²) < 4.78 is 87.5. The molecule has 0 aliphatic rings. The van der Waals surface area contributed by atoms with Crippen LogP contribution in [0.4, 0.5) is 0 Å². The third-order valence-electron chi connectivity index (χ3n) is 7.16. The van der Waals surface area contributed by atoms with Crippen LogP contribution in [0.1, 0.15) is 102 Å². The molecule has 0 spiro atoms. The second kappa shape index (κ2) is 24.9. The van der Waals surface area contributed by atoms with E-state index in [1.165, 1.54) is 62.8 Å². The van der Waals surface area contributed by atoms with E-state index in [4.69, 9.17) is 14.2 Å². The van der Waals surface area contributed by atoms with E-state index in [0.29, 0.717) is 12.8 Å². The van der Waals surface area contributed by atoms with Gasteiger partial charge < -0.3 is 23.3 Å². The maximum atomic E-state index is 11.8. The van der Waals surface area contributed by atoms with Crippen molar-refractivity contribution in [3.05, 3.63) is 47.5 Å². The van der Waals surface area contributed by atoms with Crippen LogP contribution in [-0.4, -0.2) is 52.4 Å². The van der Waals surface area contributed by atoms with Crippen molar-refractivity contribution in [2.75, 3.05) is 26.4 Å². The van der Waals surface area contributed by atoms with E-state index in [0.717, 1.165) is 49.7 Å². The van der Waals surface area contributed by atoms with Crippen molar-refractivity contribution in [2.24, 2.45) is 0 Å². The number of aryl methyl sites for hydroxylation is 2. The number of ether oxygens (including phenoxy) is 3. The number of hydrogen-bond acceptors (Lipinski definition) is 9. The van der Waals surface area contributed by atoms with Crippen LogP contribution in [0.2, 0.25) is 0 Å². The Morgan fingerprint density at radius 1 is 0.533 bits per heavy atom. The SMILES string of the molecule is CCCCCCCCc1ccc(OCCOCCOc2ccc(CCCCCCCC)cc2S(=O)(=O)[O-])c(S(=O)(=O)[O-])c1.[Na+].[Na+]. The van der Waals surface area contributed by atoms with Gasteiger partial charge in [0.05, 0.1) is 23.0 Å². The van der Waals surface area contributed by atoms with Crippen LogP contribution in [0, 0.1) is 0 Å². The molecule has 0 N–H and O–H groups in total. The minimum absolute atomic E-state index is 0. The molecule has 0 fully saturated rings. The Bertz CT molecular complexity index is 1200. The molecular formula is C32H48Na2O9S2. The molecule has 0 aromatic heterocycles. The standard InChI is InChI=1S/C32H50O9S2.2Na/c1-3-5-7-9-11-13-15-27-17-19-29(31(25-27)42(33,34)35)40-23-21-39-22-24-41-30-20-18-28(26-32(30)43(36,37)38)16-14-12-10-8-6-4-2;;/h17-20,25-26H,3-16,21-24H2,1-2H3,(H,33,34,35)(H,36,37,38);;/q;2*+1/p-2. The van der Waals surface area contributed by atoms with Gasteiger partial charge >= 0.3 is 59.1 Å². The summed E-state index contributed by atoms with van der Waals surface area (Å²) in [7, 11) is -9.44. The predicted molar refractivity (Wildman–Crippen MR) is 165 cm³/mol. The summed E-state index contributed by atoms with van der Waals surface area (Å²) in [6, 6.07) is 9.32. The fourth-order valence-electron chi connectivity index (χ4n) is 4.79. The van der Waals surface area contributed by atoms with E-state index in [9.17, 15) is 25.9 Å². The maximum Gasteiger partial charge on any atom is 1.00 e. The van der Waals surface area contributed by atoms with Crippen molar-refractivity contribution < 1.29 is 99.3 Å². The molecule has 0 bridgehead atoms. The van der Waals surface area contributed by atoms with E-state index < -0.39 is 20.2 Å². The van der Waals surface area contributed by atoms with Crippen molar-refractivity contribution in [3.8, 4) is 11.5 Å². The van der Waals surface area contributed by atoms with E-state index >= 15 is 0 Å². The van der Waals surface area contributed by atoms with Gasteiger partial charge in [0.15, 0.2) is 0 Å². The minimum atomic E-state index is -4.72. The molecule has 45 heavy (non-hydrogen) atoms. The normalized spacial score (nSPS) is 11.5. The van der Waals surface area contributed by atoms with Gasteiger partial charge in [-0.25, -0.2) is 16.8 Å². The fraction of sp³-hybridized carbons (Fsp3) is 0.625. The molecule has 0 atom stereocenters. The molecule has 0 unspecified atom stereocenters. The number of hydrogen-bond donors (Lipinski definition) is 0. The molecule has 13 heteroatoms. The third kappa shape index (κ3) is 18.8. The second-order valence-corrected chi connectivity index (χ2v) is 13.5. The van der Waals surface area contributed by atoms with E-state index in [1.807, 2.05) is 0 Å². The Morgan fingerprint density at radius 3 is 1.24 bits per heavy atom. The summed E-state index contributed by atoms with van der Waals surface area (Å²) in [5, 5.41) is 0. The van der Waals surface area contributed by atoms with Crippen molar-refractivity contribution in [1.82, 2.24) is 0 Å². The fourth-order valence-corrected chi connectivity index (χ4v) is 6.13. The van der Waals surface area contributed by atoms with Crippen LogP contribution < -0.4 is 68.6 Å². The number of benzene rings is 2. The topological polar surface area (TPSA) is 142 Å². The molecular weight excluding hydrogens is 638 g/mol. The van der Waals surface area contributed by atoms with Gasteiger partial charge in [-0.2, -0.15) is 0 Å². The van der Waals surface area contributed by atoms with Gasteiger partial charge in [-0.1, -0.05) is 90.2 Å². The largest absolute Gasteiger partial charge is 1.00 e. The van der Waals surface area contributed by atoms with Crippen LogP contribution in [0.3, 0.4) is 0 Å². The first-order valence-electron chi connectivity index (χ1n) is 15.6. The summed E-state index contributed by atoms with van der Waals surface area (Å²) in [6.07, 6.45) is 14.7. The van der Waals surface area contributed by atoms with Gasteiger partial charge in [0.2, 0.25) is 0 Å². The minimum Gasteiger partial charge on any atom is -0.744 e. The zero-order valence-electron chi connectivity index (χ0n) is 27.7. The average Bonchev–Trinajstić information content (AvgIpc) is 2.96. The zero-order chi connectivity index (χ0) is 31.6.